The van der Waals surface area contributed by atoms with Crippen LogP contribution < -0.4 is 15.4 Å². The molecule has 0 saturated carbocycles. The summed E-state index contributed by atoms with van der Waals surface area (Å²) >= 11 is 0. The summed E-state index contributed by atoms with van der Waals surface area (Å²) in [5, 5.41) is 6.55. The van der Waals surface area contributed by atoms with E-state index in [1.54, 1.807) is 0 Å². The minimum atomic E-state index is -0.234. The van der Waals surface area contributed by atoms with E-state index >= 15 is 0 Å². The van der Waals surface area contributed by atoms with Gasteiger partial charge in [0.15, 0.2) is 0 Å². The predicted octanol–water partition coefficient (Wildman–Crippen LogP) is 3.27. The number of carbonyl (C=O) groups excluding carboxylic acids is 1. The highest BCUT2D eigenvalue weighted by Gasteiger charge is 2.30. The van der Waals surface area contributed by atoms with Gasteiger partial charge in [0.1, 0.15) is 18.3 Å². The van der Waals surface area contributed by atoms with E-state index in [2.05, 4.69) is 22.8 Å². The molecule has 1 amide bonds. The van der Waals surface area contributed by atoms with E-state index in [4.69, 9.17) is 4.74 Å². The molecule has 4 rings (SSSR count). The Morgan fingerprint density at radius 1 is 1.00 bits per heavy atom. The summed E-state index contributed by atoms with van der Waals surface area (Å²) < 4.78 is 5.65. The van der Waals surface area contributed by atoms with Gasteiger partial charge in [-0.1, -0.05) is 36.4 Å². The van der Waals surface area contributed by atoms with E-state index in [1.807, 2.05) is 36.4 Å². The van der Waals surface area contributed by atoms with Gasteiger partial charge in [-0.3, -0.25) is 4.79 Å². The first-order chi connectivity index (χ1) is 11.8. The Morgan fingerprint density at radius 2 is 1.71 bits per heavy atom. The van der Waals surface area contributed by atoms with Crippen LogP contribution in [0.3, 0.4) is 0 Å². The number of nitrogens with one attached hydrogen (secondary N) is 2. The van der Waals surface area contributed by atoms with Crippen LogP contribution in [0.4, 0.5) is 5.69 Å². The van der Waals surface area contributed by atoms with Crippen molar-refractivity contribution in [2.45, 2.75) is 24.7 Å². The third kappa shape index (κ3) is 2.89. The molecule has 2 N–H and O–H groups in total. The van der Waals surface area contributed by atoms with Gasteiger partial charge in [0.2, 0.25) is 5.91 Å². The third-order valence-electron chi connectivity index (χ3n) is 5.01. The lowest BCUT2D eigenvalue weighted by atomic mass is 9.89. The van der Waals surface area contributed by atoms with E-state index in [0.29, 0.717) is 12.5 Å². The van der Waals surface area contributed by atoms with Crippen LogP contribution in [0.5, 0.6) is 5.75 Å². The van der Waals surface area contributed by atoms with Crippen LogP contribution in [0.1, 0.15) is 35.8 Å². The van der Waals surface area contributed by atoms with E-state index in [0.717, 1.165) is 42.9 Å². The van der Waals surface area contributed by atoms with Gasteiger partial charge >= 0.3 is 0 Å². The van der Waals surface area contributed by atoms with E-state index in [9.17, 15) is 4.79 Å². The Hall–Kier alpha value is -2.33. The Labute approximate surface area is 142 Å². The molecular formula is C20H22N2O2. The molecule has 4 heteroatoms. The summed E-state index contributed by atoms with van der Waals surface area (Å²) in [6, 6.07) is 16.0. The highest BCUT2D eigenvalue weighted by molar-refractivity contribution is 5.97. The normalized spacial score (nSPS) is 20.2. The maximum absolute atomic E-state index is 12.8. The van der Waals surface area contributed by atoms with Gasteiger partial charge in [-0.25, -0.2) is 0 Å². The zero-order valence-corrected chi connectivity index (χ0v) is 13.6. The molecule has 124 valence electrons. The fourth-order valence-electron chi connectivity index (χ4n) is 3.70. The molecule has 2 aromatic carbocycles. The van der Waals surface area contributed by atoms with Crippen LogP contribution in [0, 0.1) is 0 Å². The molecule has 2 aliphatic heterocycles. The standard InChI is InChI=1S/C20H22N2O2/c23-20(17-13-24-19-8-4-2-6-16(17)19)22-18-7-3-1-5-15(18)14-9-11-21-12-10-14/h1-8,14,17,21H,9-13H2,(H,22,23). The lowest BCUT2D eigenvalue weighted by Crippen LogP contribution is -2.28. The first-order valence-electron chi connectivity index (χ1n) is 8.65. The van der Waals surface area contributed by atoms with E-state index in [-0.39, 0.29) is 11.8 Å². The summed E-state index contributed by atoms with van der Waals surface area (Å²) in [7, 11) is 0. The molecule has 0 spiro atoms. The summed E-state index contributed by atoms with van der Waals surface area (Å²) in [5.74, 6) is 1.11. The number of fused-ring (bicyclic) bond motifs is 1. The maximum Gasteiger partial charge on any atom is 0.235 e. The second kappa shape index (κ2) is 6.65. The first kappa shape index (κ1) is 15.2. The van der Waals surface area contributed by atoms with Gasteiger partial charge in [-0.2, -0.15) is 0 Å². The molecule has 2 aliphatic rings. The lowest BCUT2D eigenvalue weighted by Gasteiger charge is -2.25. The zero-order chi connectivity index (χ0) is 16.4. The van der Waals surface area contributed by atoms with Gasteiger partial charge in [-0.15, -0.1) is 0 Å². The monoisotopic (exact) mass is 322 g/mol. The molecule has 0 bridgehead atoms. The quantitative estimate of drug-likeness (QED) is 0.912. The van der Waals surface area contributed by atoms with Gasteiger partial charge in [0, 0.05) is 11.3 Å². The van der Waals surface area contributed by atoms with Crippen LogP contribution in [0.2, 0.25) is 0 Å². The second-order valence-electron chi connectivity index (χ2n) is 6.50. The van der Waals surface area contributed by atoms with Crippen molar-refractivity contribution in [1.29, 1.82) is 0 Å². The molecule has 0 aliphatic carbocycles. The summed E-state index contributed by atoms with van der Waals surface area (Å²) in [6.07, 6.45) is 2.23. The zero-order valence-electron chi connectivity index (χ0n) is 13.6. The van der Waals surface area contributed by atoms with Gasteiger partial charge in [0.05, 0.1) is 0 Å². The fraction of sp³-hybridized carbons (Fsp3) is 0.350. The van der Waals surface area contributed by atoms with Crippen LogP contribution >= 0.6 is 0 Å². The van der Waals surface area contributed by atoms with Crippen molar-refractivity contribution in [1.82, 2.24) is 5.32 Å². The molecule has 1 atom stereocenters. The van der Waals surface area contributed by atoms with Crippen LogP contribution in [-0.2, 0) is 4.79 Å². The average Bonchev–Trinajstić information content (AvgIpc) is 3.07. The average molecular weight is 322 g/mol. The smallest absolute Gasteiger partial charge is 0.235 e. The number of benzene rings is 2. The van der Waals surface area contributed by atoms with Crippen molar-refractivity contribution >= 4 is 11.6 Å². The van der Waals surface area contributed by atoms with Crippen LogP contribution in [0.25, 0.3) is 0 Å². The minimum absolute atomic E-state index is 0.0151. The number of amides is 1. The molecule has 2 aromatic rings. The second-order valence-corrected chi connectivity index (χ2v) is 6.50. The molecular weight excluding hydrogens is 300 g/mol. The van der Waals surface area contributed by atoms with Crippen LogP contribution in [0.15, 0.2) is 48.5 Å². The summed E-state index contributed by atoms with van der Waals surface area (Å²) in [4.78, 5) is 12.8. The molecule has 1 saturated heterocycles. The number of hydrogen-bond acceptors (Lipinski definition) is 3. The number of ether oxygens (including phenoxy) is 1. The maximum atomic E-state index is 12.8. The highest BCUT2D eigenvalue weighted by Crippen LogP contribution is 2.36. The summed E-state index contributed by atoms with van der Waals surface area (Å²) in [6.45, 7) is 2.49. The Balaban J connectivity index is 1.54. The third-order valence-corrected chi connectivity index (χ3v) is 5.01. The number of anilines is 1. The molecule has 0 aromatic heterocycles. The molecule has 1 unspecified atom stereocenters. The fourth-order valence-corrected chi connectivity index (χ4v) is 3.70. The summed E-state index contributed by atoms with van der Waals surface area (Å²) in [5.41, 5.74) is 3.17. The number of para-hydroxylation sites is 2. The van der Waals surface area contributed by atoms with Crippen molar-refractivity contribution in [2.24, 2.45) is 0 Å². The number of hydrogen-bond donors (Lipinski definition) is 2. The minimum Gasteiger partial charge on any atom is -0.492 e. The van der Waals surface area contributed by atoms with E-state index in [1.165, 1.54) is 5.56 Å². The van der Waals surface area contributed by atoms with Gasteiger partial charge in [-0.05, 0) is 49.5 Å². The largest absolute Gasteiger partial charge is 0.492 e. The van der Waals surface area contributed by atoms with Crippen molar-refractivity contribution < 1.29 is 9.53 Å². The lowest BCUT2D eigenvalue weighted by molar-refractivity contribution is -0.117. The Morgan fingerprint density at radius 3 is 2.54 bits per heavy atom. The molecule has 1 fully saturated rings. The highest BCUT2D eigenvalue weighted by atomic mass is 16.5. The predicted molar refractivity (Wildman–Crippen MR) is 94.6 cm³/mol. The molecule has 2 heterocycles. The van der Waals surface area contributed by atoms with Crippen molar-refractivity contribution in [3.8, 4) is 5.75 Å². The van der Waals surface area contributed by atoms with Gasteiger partial charge in [0.25, 0.3) is 0 Å². The number of piperidine rings is 1. The van der Waals surface area contributed by atoms with Crippen LogP contribution in [-0.4, -0.2) is 25.6 Å². The SMILES string of the molecule is O=C(Nc1ccccc1C1CCNCC1)C1COc2ccccc21. The Kier molecular flexibility index (Phi) is 4.22. The molecule has 4 nitrogen and oxygen atoms in total. The van der Waals surface area contributed by atoms with E-state index < -0.39 is 0 Å². The number of rotatable bonds is 3. The van der Waals surface area contributed by atoms with Crippen molar-refractivity contribution in [3.05, 3.63) is 59.7 Å². The Bertz CT molecular complexity index is 738. The molecule has 24 heavy (non-hydrogen) atoms. The molecule has 0 radical (unpaired) electrons. The number of carbonyl (C=O) groups is 1. The van der Waals surface area contributed by atoms with Gasteiger partial charge < -0.3 is 15.4 Å². The van der Waals surface area contributed by atoms with Crippen molar-refractivity contribution in [2.75, 3.05) is 25.0 Å². The van der Waals surface area contributed by atoms with Crippen molar-refractivity contribution in [3.63, 3.8) is 0 Å². The first-order valence-corrected chi connectivity index (χ1v) is 8.65. The topological polar surface area (TPSA) is 50.4 Å².